The molecule has 0 N–H and O–H groups in total. The lowest BCUT2D eigenvalue weighted by Gasteiger charge is -2.04. The summed E-state index contributed by atoms with van der Waals surface area (Å²) in [7, 11) is 0. The molecule has 120 valence electrons. The van der Waals surface area contributed by atoms with Crippen LogP contribution in [0.25, 0.3) is 33.9 Å². The van der Waals surface area contributed by atoms with Crippen LogP contribution in [0.3, 0.4) is 0 Å². The smallest absolute Gasteiger partial charge is 0.258 e. The van der Waals surface area contributed by atoms with Gasteiger partial charge in [0.1, 0.15) is 5.52 Å². The van der Waals surface area contributed by atoms with Gasteiger partial charge in [-0.1, -0.05) is 10.4 Å². The minimum absolute atomic E-state index is 0.255. The molecule has 7 nitrogen and oxygen atoms in total. The number of hydrogen-bond donors (Lipinski definition) is 0. The summed E-state index contributed by atoms with van der Waals surface area (Å²) in [5, 5.41) is 12.4. The molecule has 4 aromatic rings. The Bertz CT molecular complexity index is 1000. The third-order valence-electron chi connectivity index (χ3n) is 3.80. The number of pyridine rings is 1. The zero-order valence-electron chi connectivity index (χ0n) is 13.6. The number of benzene rings is 1. The van der Waals surface area contributed by atoms with Crippen molar-refractivity contribution in [3.63, 3.8) is 0 Å². The lowest BCUT2D eigenvalue weighted by Crippen LogP contribution is -2.02. The van der Waals surface area contributed by atoms with Gasteiger partial charge in [-0.15, -0.1) is 5.10 Å². The number of hydrogen-bond acceptors (Lipinski definition) is 6. The van der Waals surface area contributed by atoms with Crippen molar-refractivity contribution in [2.75, 3.05) is 0 Å². The molecular weight excluding hydrogens is 304 g/mol. The molecule has 0 radical (unpaired) electrons. The fourth-order valence-corrected chi connectivity index (χ4v) is 2.51. The van der Waals surface area contributed by atoms with Gasteiger partial charge in [-0.25, -0.2) is 4.68 Å². The molecule has 3 aromatic heterocycles. The topological polar surface area (TPSA) is 82.5 Å². The summed E-state index contributed by atoms with van der Waals surface area (Å²) in [6.45, 7) is 6.08. The minimum atomic E-state index is 0.255. The molecule has 7 heteroatoms. The highest BCUT2D eigenvalue weighted by Gasteiger charge is 2.14. The first-order valence-electron chi connectivity index (χ1n) is 7.74. The molecule has 4 rings (SSSR count). The largest absolute Gasteiger partial charge is 0.334 e. The van der Waals surface area contributed by atoms with Crippen molar-refractivity contribution in [2.24, 2.45) is 0 Å². The summed E-state index contributed by atoms with van der Waals surface area (Å²) in [5.74, 6) is 0.968. The second-order valence-corrected chi connectivity index (χ2v) is 5.94. The molecule has 24 heavy (non-hydrogen) atoms. The van der Waals surface area contributed by atoms with Gasteiger partial charge in [0.05, 0.1) is 5.52 Å². The van der Waals surface area contributed by atoms with Gasteiger partial charge in [0.25, 0.3) is 5.89 Å². The van der Waals surface area contributed by atoms with Crippen LogP contribution in [0.5, 0.6) is 0 Å². The van der Waals surface area contributed by atoms with Crippen LogP contribution in [0, 0.1) is 6.92 Å². The monoisotopic (exact) mass is 320 g/mol. The molecule has 0 saturated heterocycles. The van der Waals surface area contributed by atoms with Gasteiger partial charge in [0, 0.05) is 29.1 Å². The van der Waals surface area contributed by atoms with Gasteiger partial charge in [0.2, 0.25) is 5.82 Å². The fourth-order valence-electron chi connectivity index (χ4n) is 2.51. The van der Waals surface area contributed by atoms with Crippen LogP contribution in [0.2, 0.25) is 0 Å². The van der Waals surface area contributed by atoms with Crippen LogP contribution in [-0.2, 0) is 0 Å². The van der Waals surface area contributed by atoms with Crippen molar-refractivity contribution in [1.29, 1.82) is 0 Å². The van der Waals surface area contributed by atoms with E-state index in [-0.39, 0.29) is 6.04 Å². The average Bonchev–Trinajstić information content (AvgIpc) is 3.22. The number of nitrogens with zero attached hydrogens (tertiary/aromatic N) is 6. The molecule has 0 unspecified atom stereocenters. The maximum Gasteiger partial charge on any atom is 0.258 e. The SMILES string of the molecule is Cc1ccc(-c2noc(-c3ccc4c(c3)nnn4C(C)C)n2)cn1. The molecule has 0 fully saturated rings. The zero-order chi connectivity index (χ0) is 16.7. The highest BCUT2D eigenvalue weighted by atomic mass is 16.5. The molecule has 0 amide bonds. The second kappa shape index (κ2) is 5.52. The van der Waals surface area contributed by atoms with Crippen LogP contribution < -0.4 is 0 Å². The Balaban J connectivity index is 1.71. The van der Waals surface area contributed by atoms with Gasteiger partial charge in [-0.3, -0.25) is 4.98 Å². The zero-order valence-corrected chi connectivity index (χ0v) is 13.6. The fraction of sp³-hybridized carbons (Fsp3) is 0.235. The molecular formula is C17H16N6O. The molecule has 0 spiro atoms. The van der Waals surface area contributed by atoms with Crippen molar-refractivity contribution in [2.45, 2.75) is 26.8 Å². The van der Waals surface area contributed by atoms with Crippen LogP contribution in [0.1, 0.15) is 25.6 Å². The van der Waals surface area contributed by atoms with Crippen molar-refractivity contribution < 1.29 is 4.52 Å². The van der Waals surface area contributed by atoms with Crippen molar-refractivity contribution >= 4 is 11.0 Å². The lowest BCUT2D eigenvalue weighted by molar-refractivity contribution is 0.432. The quantitative estimate of drug-likeness (QED) is 0.575. The van der Waals surface area contributed by atoms with E-state index < -0.39 is 0 Å². The van der Waals surface area contributed by atoms with E-state index in [9.17, 15) is 0 Å². The Morgan fingerprint density at radius 2 is 1.92 bits per heavy atom. The van der Waals surface area contributed by atoms with Gasteiger partial charge in [0.15, 0.2) is 0 Å². The highest BCUT2D eigenvalue weighted by molar-refractivity contribution is 5.79. The number of rotatable bonds is 3. The average molecular weight is 320 g/mol. The first kappa shape index (κ1) is 14.5. The predicted molar refractivity (Wildman–Crippen MR) is 89.2 cm³/mol. The molecule has 0 aliphatic rings. The van der Waals surface area contributed by atoms with E-state index in [2.05, 4.69) is 39.3 Å². The summed E-state index contributed by atoms with van der Waals surface area (Å²) < 4.78 is 7.28. The maximum absolute atomic E-state index is 5.39. The van der Waals surface area contributed by atoms with Crippen molar-refractivity contribution in [3.05, 3.63) is 42.2 Å². The molecule has 0 bridgehead atoms. The van der Waals surface area contributed by atoms with Gasteiger partial charge < -0.3 is 4.52 Å². The normalized spacial score (nSPS) is 11.5. The summed E-state index contributed by atoms with van der Waals surface area (Å²) in [6, 6.07) is 9.92. The molecule has 0 atom stereocenters. The molecule has 1 aromatic carbocycles. The van der Waals surface area contributed by atoms with Crippen molar-refractivity contribution in [3.8, 4) is 22.8 Å². The number of aromatic nitrogens is 6. The van der Waals surface area contributed by atoms with E-state index in [4.69, 9.17) is 4.52 Å². The minimum Gasteiger partial charge on any atom is -0.334 e. The van der Waals surface area contributed by atoms with Gasteiger partial charge in [-0.05, 0) is 51.1 Å². The lowest BCUT2D eigenvalue weighted by atomic mass is 10.2. The first-order valence-corrected chi connectivity index (χ1v) is 7.74. The third kappa shape index (κ3) is 2.44. The van der Waals surface area contributed by atoms with Gasteiger partial charge in [-0.2, -0.15) is 4.98 Å². The van der Waals surface area contributed by atoms with Crippen LogP contribution in [-0.4, -0.2) is 30.1 Å². The summed E-state index contributed by atoms with van der Waals surface area (Å²) >= 11 is 0. The first-order chi connectivity index (χ1) is 11.6. The second-order valence-electron chi connectivity index (χ2n) is 5.94. The van der Waals surface area contributed by atoms with Crippen molar-refractivity contribution in [1.82, 2.24) is 30.1 Å². The van der Waals surface area contributed by atoms with E-state index >= 15 is 0 Å². The molecule has 0 saturated carbocycles. The summed E-state index contributed by atoms with van der Waals surface area (Å²) in [5.41, 5.74) is 4.37. The molecule has 3 heterocycles. The van der Waals surface area contributed by atoms with Crippen LogP contribution >= 0.6 is 0 Å². The van der Waals surface area contributed by atoms with Crippen LogP contribution in [0.4, 0.5) is 0 Å². The van der Waals surface area contributed by atoms with E-state index in [0.717, 1.165) is 27.9 Å². The van der Waals surface area contributed by atoms with Gasteiger partial charge >= 0.3 is 0 Å². The van der Waals surface area contributed by atoms with E-state index in [1.54, 1.807) is 6.20 Å². The van der Waals surface area contributed by atoms with E-state index in [1.165, 1.54) is 0 Å². The van der Waals surface area contributed by atoms with E-state index in [0.29, 0.717) is 11.7 Å². The Hall–Kier alpha value is -3.09. The number of fused-ring (bicyclic) bond motifs is 1. The van der Waals surface area contributed by atoms with Crippen LogP contribution in [0.15, 0.2) is 41.1 Å². The Labute approximate surface area is 138 Å². The standard InChI is InChI=1S/C17H16N6O/c1-10(2)23-15-7-6-12(8-14(15)20-22-23)17-19-16(21-24-17)13-5-4-11(3)18-9-13/h4-10H,1-3H3. The maximum atomic E-state index is 5.39. The Morgan fingerprint density at radius 3 is 2.67 bits per heavy atom. The summed E-state index contributed by atoms with van der Waals surface area (Å²) in [6.07, 6.45) is 1.74. The molecule has 0 aliphatic heterocycles. The highest BCUT2D eigenvalue weighted by Crippen LogP contribution is 2.25. The summed E-state index contributed by atoms with van der Waals surface area (Å²) in [4.78, 5) is 8.71. The Morgan fingerprint density at radius 1 is 1.08 bits per heavy atom. The van der Waals surface area contributed by atoms with E-state index in [1.807, 2.05) is 41.9 Å². The Kier molecular flexibility index (Phi) is 3.34. The number of aryl methyl sites for hydroxylation is 1. The molecule has 0 aliphatic carbocycles. The predicted octanol–water partition coefficient (Wildman–Crippen LogP) is 3.43. The third-order valence-corrected chi connectivity index (χ3v) is 3.80.